The molecule has 0 bridgehead atoms. The summed E-state index contributed by atoms with van der Waals surface area (Å²) in [5.41, 5.74) is -1.18. The molecule has 21 heavy (non-hydrogen) atoms. The van der Waals surface area contributed by atoms with E-state index >= 15 is 0 Å². The maximum Gasteiger partial charge on any atom is 0.411 e. The van der Waals surface area contributed by atoms with Gasteiger partial charge in [-0.3, -0.25) is 4.90 Å². The van der Waals surface area contributed by atoms with Gasteiger partial charge in [0.25, 0.3) is 0 Å². The third-order valence-corrected chi connectivity index (χ3v) is 3.70. The molecule has 2 rings (SSSR count). The maximum absolute atomic E-state index is 12.3. The summed E-state index contributed by atoms with van der Waals surface area (Å²) in [5.74, 6) is -1.08. The summed E-state index contributed by atoms with van der Waals surface area (Å²) in [6.07, 6.45) is 0.696. The fraction of sp³-hybridized carbons (Fsp3) is 0.857. The molecule has 120 valence electrons. The number of aliphatic carboxylic acids is 1. The number of nitrogens with zero attached hydrogens (tertiary/aromatic N) is 1. The average Bonchev–Trinajstić information content (AvgIpc) is 2.37. The molecule has 2 saturated heterocycles. The van der Waals surface area contributed by atoms with Crippen LogP contribution in [-0.2, 0) is 19.0 Å². The van der Waals surface area contributed by atoms with Gasteiger partial charge in [-0.25, -0.2) is 9.59 Å². The SMILES string of the molecule is CC(C)(C)OC(=O)N1CC2(CCOCC2)OCC1C(=O)O. The molecule has 7 heteroatoms. The van der Waals surface area contributed by atoms with E-state index < -0.39 is 29.3 Å². The molecular weight excluding hydrogens is 278 g/mol. The Morgan fingerprint density at radius 3 is 2.43 bits per heavy atom. The largest absolute Gasteiger partial charge is 0.480 e. The molecular formula is C14H23NO6. The second-order valence-electron chi connectivity index (χ2n) is 6.57. The van der Waals surface area contributed by atoms with Crippen LogP contribution in [0, 0.1) is 0 Å². The van der Waals surface area contributed by atoms with Crippen molar-refractivity contribution < 1.29 is 28.9 Å². The first-order valence-corrected chi connectivity index (χ1v) is 7.17. The molecule has 1 spiro atoms. The highest BCUT2D eigenvalue weighted by Crippen LogP contribution is 2.32. The van der Waals surface area contributed by atoms with Crippen molar-refractivity contribution in [1.82, 2.24) is 4.90 Å². The van der Waals surface area contributed by atoms with E-state index in [2.05, 4.69) is 0 Å². The van der Waals surface area contributed by atoms with Gasteiger partial charge in [-0.1, -0.05) is 0 Å². The summed E-state index contributed by atoms with van der Waals surface area (Å²) in [5, 5.41) is 9.29. The Kier molecular flexibility index (Phi) is 4.43. The van der Waals surface area contributed by atoms with E-state index in [4.69, 9.17) is 14.2 Å². The Balaban J connectivity index is 2.15. The molecule has 0 aliphatic carbocycles. The van der Waals surface area contributed by atoms with Gasteiger partial charge in [0.1, 0.15) is 5.60 Å². The molecule has 0 aromatic carbocycles. The fourth-order valence-electron chi connectivity index (χ4n) is 2.57. The normalized spacial score (nSPS) is 25.7. The lowest BCUT2D eigenvalue weighted by molar-refractivity contribution is -0.181. The Labute approximate surface area is 124 Å². The molecule has 1 atom stereocenters. The monoisotopic (exact) mass is 301 g/mol. The average molecular weight is 301 g/mol. The van der Waals surface area contributed by atoms with Crippen LogP contribution >= 0.6 is 0 Å². The number of carbonyl (C=O) groups excluding carboxylic acids is 1. The van der Waals surface area contributed by atoms with Crippen molar-refractivity contribution in [3.05, 3.63) is 0 Å². The highest BCUT2D eigenvalue weighted by molar-refractivity contribution is 5.80. The van der Waals surface area contributed by atoms with Crippen LogP contribution in [0.2, 0.25) is 0 Å². The van der Waals surface area contributed by atoms with Crippen LogP contribution < -0.4 is 0 Å². The van der Waals surface area contributed by atoms with Gasteiger partial charge in [-0.15, -0.1) is 0 Å². The topological polar surface area (TPSA) is 85.3 Å². The summed E-state index contributed by atoms with van der Waals surface area (Å²) < 4.78 is 16.4. The number of ether oxygens (including phenoxy) is 3. The minimum Gasteiger partial charge on any atom is -0.480 e. The number of carboxylic acids is 1. The zero-order chi connectivity index (χ0) is 15.7. The number of carboxylic acid groups (broad SMARTS) is 1. The van der Waals surface area contributed by atoms with Gasteiger partial charge in [-0.05, 0) is 20.8 Å². The molecule has 2 aliphatic rings. The van der Waals surface area contributed by atoms with Crippen LogP contribution in [0.5, 0.6) is 0 Å². The lowest BCUT2D eigenvalue weighted by Gasteiger charge is -2.47. The van der Waals surface area contributed by atoms with Crippen LogP contribution in [-0.4, -0.2) is 65.7 Å². The van der Waals surface area contributed by atoms with E-state index in [1.807, 2.05) is 0 Å². The lowest BCUT2D eigenvalue weighted by Crippen LogP contribution is -2.62. The highest BCUT2D eigenvalue weighted by Gasteiger charge is 2.47. The molecule has 2 heterocycles. The van der Waals surface area contributed by atoms with Crippen LogP contribution in [0.25, 0.3) is 0 Å². The number of carbonyl (C=O) groups is 2. The van der Waals surface area contributed by atoms with Gasteiger partial charge in [-0.2, -0.15) is 0 Å². The van der Waals surface area contributed by atoms with E-state index in [1.54, 1.807) is 20.8 Å². The standard InChI is InChI=1S/C14H23NO6/c1-13(2,3)21-12(18)15-9-14(4-6-19-7-5-14)20-8-10(15)11(16)17/h10H,4-9H2,1-3H3,(H,16,17). The van der Waals surface area contributed by atoms with Crippen molar-refractivity contribution >= 4 is 12.1 Å². The number of rotatable bonds is 1. The number of hydrogen-bond acceptors (Lipinski definition) is 5. The van der Waals surface area contributed by atoms with Crippen LogP contribution in [0.1, 0.15) is 33.6 Å². The molecule has 0 saturated carbocycles. The van der Waals surface area contributed by atoms with Gasteiger partial charge in [0.2, 0.25) is 0 Å². The van der Waals surface area contributed by atoms with Crippen LogP contribution in [0.4, 0.5) is 4.79 Å². The van der Waals surface area contributed by atoms with Crippen molar-refractivity contribution in [2.45, 2.75) is 50.9 Å². The van der Waals surface area contributed by atoms with E-state index in [0.29, 0.717) is 26.1 Å². The first-order valence-electron chi connectivity index (χ1n) is 7.17. The summed E-state index contributed by atoms with van der Waals surface area (Å²) in [4.78, 5) is 24.9. The maximum atomic E-state index is 12.3. The van der Waals surface area contributed by atoms with Crippen molar-refractivity contribution in [3.63, 3.8) is 0 Å². The second kappa shape index (κ2) is 5.81. The molecule has 0 aromatic rings. The molecule has 2 fully saturated rings. The van der Waals surface area contributed by atoms with E-state index in [0.717, 1.165) is 0 Å². The summed E-state index contributed by atoms with van der Waals surface area (Å²) in [6, 6.07) is -1.01. The fourth-order valence-corrected chi connectivity index (χ4v) is 2.57. The molecule has 0 radical (unpaired) electrons. The van der Waals surface area contributed by atoms with Crippen LogP contribution in [0.15, 0.2) is 0 Å². The predicted octanol–water partition coefficient (Wildman–Crippen LogP) is 1.26. The Bertz CT molecular complexity index is 410. The predicted molar refractivity (Wildman–Crippen MR) is 73.1 cm³/mol. The summed E-state index contributed by atoms with van der Waals surface area (Å²) >= 11 is 0. The zero-order valence-corrected chi connectivity index (χ0v) is 12.8. The quantitative estimate of drug-likeness (QED) is 0.784. The summed E-state index contributed by atoms with van der Waals surface area (Å²) in [6.45, 7) is 6.58. The minimum absolute atomic E-state index is 0.0193. The van der Waals surface area contributed by atoms with Crippen molar-refractivity contribution in [1.29, 1.82) is 0 Å². The molecule has 2 aliphatic heterocycles. The first kappa shape index (κ1) is 16.0. The highest BCUT2D eigenvalue weighted by atomic mass is 16.6. The molecule has 1 unspecified atom stereocenters. The van der Waals surface area contributed by atoms with Crippen molar-refractivity contribution in [2.24, 2.45) is 0 Å². The Hall–Kier alpha value is -1.34. The van der Waals surface area contributed by atoms with Gasteiger partial charge in [0.05, 0.1) is 18.8 Å². The Morgan fingerprint density at radius 1 is 1.29 bits per heavy atom. The van der Waals surface area contributed by atoms with E-state index in [9.17, 15) is 14.7 Å². The second-order valence-corrected chi connectivity index (χ2v) is 6.57. The third kappa shape index (κ3) is 3.85. The first-order chi connectivity index (χ1) is 9.72. The van der Waals surface area contributed by atoms with Gasteiger partial charge in [0.15, 0.2) is 6.04 Å². The van der Waals surface area contributed by atoms with E-state index in [-0.39, 0.29) is 13.2 Å². The number of amides is 1. The van der Waals surface area contributed by atoms with Gasteiger partial charge >= 0.3 is 12.1 Å². The van der Waals surface area contributed by atoms with Crippen LogP contribution in [0.3, 0.4) is 0 Å². The third-order valence-electron chi connectivity index (χ3n) is 3.70. The van der Waals surface area contributed by atoms with Crippen molar-refractivity contribution in [3.8, 4) is 0 Å². The lowest BCUT2D eigenvalue weighted by atomic mass is 9.91. The van der Waals surface area contributed by atoms with Crippen molar-refractivity contribution in [2.75, 3.05) is 26.4 Å². The van der Waals surface area contributed by atoms with Gasteiger partial charge in [0, 0.05) is 26.1 Å². The molecule has 1 amide bonds. The zero-order valence-electron chi connectivity index (χ0n) is 12.8. The number of morpholine rings is 1. The minimum atomic E-state index is -1.08. The summed E-state index contributed by atoms with van der Waals surface area (Å²) in [7, 11) is 0. The molecule has 0 aromatic heterocycles. The smallest absolute Gasteiger partial charge is 0.411 e. The molecule has 1 N–H and O–H groups in total. The molecule has 7 nitrogen and oxygen atoms in total. The van der Waals surface area contributed by atoms with E-state index in [1.165, 1.54) is 4.90 Å². The Morgan fingerprint density at radius 2 is 1.90 bits per heavy atom. The number of hydrogen-bond donors (Lipinski definition) is 1. The van der Waals surface area contributed by atoms with Gasteiger partial charge < -0.3 is 19.3 Å².